The van der Waals surface area contributed by atoms with Crippen LogP contribution in [0.5, 0.6) is 5.75 Å². The maximum atomic E-state index is 12.2. The molecule has 1 aliphatic carbocycles. The van der Waals surface area contributed by atoms with E-state index in [1.165, 1.54) is 24.3 Å². The molecule has 1 aromatic carbocycles. The van der Waals surface area contributed by atoms with Gasteiger partial charge in [0.05, 0.1) is 0 Å². The van der Waals surface area contributed by atoms with E-state index in [2.05, 4.69) is 4.74 Å². The highest BCUT2D eigenvalue weighted by Crippen LogP contribution is 2.39. The molecule has 0 N–H and O–H groups in total. The van der Waals surface area contributed by atoms with E-state index in [1.807, 2.05) is 6.92 Å². The Labute approximate surface area is 115 Å². The second kappa shape index (κ2) is 5.46. The van der Waals surface area contributed by atoms with E-state index in [0.29, 0.717) is 0 Å². The molecule has 0 heterocycles. The Morgan fingerprint density at radius 2 is 1.75 bits per heavy atom. The fourth-order valence-electron chi connectivity index (χ4n) is 2.64. The van der Waals surface area contributed by atoms with Crippen molar-refractivity contribution in [2.45, 2.75) is 45.4 Å². The molecule has 2 nitrogen and oxygen atoms in total. The Morgan fingerprint density at radius 1 is 1.20 bits per heavy atom. The predicted octanol–water partition coefficient (Wildman–Crippen LogP) is 4.28. The Hall–Kier alpha value is -1.52. The average molecular weight is 286 g/mol. The van der Waals surface area contributed by atoms with Crippen LogP contribution in [0.1, 0.15) is 38.2 Å². The predicted molar refractivity (Wildman–Crippen MR) is 68.4 cm³/mol. The molecule has 5 heteroatoms. The summed E-state index contributed by atoms with van der Waals surface area (Å²) >= 11 is 0. The van der Waals surface area contributed by atoms with Crippen LogP contribution in [-0.2, 0) is 11.2 Å². The van der Waals surface area contributed by atoms with Crippen molar-refractivity contribution in [1.82, 2.24) is 0 Å². The molecule has 1 fully saturated rings. The molecule has 0 saturated heterocycles. The van der Waals surface area contributed by atoms with Crippen molar-refractivity contribution in [3.63, 3.8) is 0 Å². The molecule has 0 aliphatic heterocycles. The maximum absolute atomic E-state index is 12.2. The summed E-state index contributed by atoms with van der Waals surface area (Å²) in [6.45, 7) is 1.98. The number of rotatable bonds is 4. The molecule has 0 amide bonds. The Kier molecular flexibility index (Phi) is 4.06. The zero-order valence-electron chi connectivity index (χ0n) is 11.3. The number of carbonyl (C=O) groups is 1. The minimum atomic E-state index is -4.69. The van der Waals surface area contributed by atoms with Crippen LogP contribution >= 0.6 is 0 Å². The molecular weight excluding hydrogens is 269 g/mol. The van der Waals surface area contributed by atoms with Crippen molar-refractivity contribution >= 4 is 5.78 Å². The van der Waals surface area contributed by atoms with Crippen LogP contribution in [0.25, 0.3) is 0 Å². The number of alkyl halides is 3. The smallest absolute Gasteiger partial charge is 0.406 e. The lowest BCUT2D eigenvalue weighted by atomic mass is 9.81. The van der Waals surface area contributed by atoms with Gasteiger partial charge in [-0.3, -0.25) is 4.79 Å². The molecule has 0 spiro atoms. The summed E-state index contributed by atoms with van der Waals surface area (Å²) in [5.74, 6) is -0.0970. The first-order chi connectivity index (χ1) is 9.28. The molecule has 0 unspecified atom stereocenters. The minimum Gasteiger partial charge on any atom is -0.406 e. The first-order valence-electron chi connectivity index (χ1n) is 6.66. The zero-order valence-corrected chi connectivity index (χ0v) is 11.3. The van der Waals surface area contributed by atoms with E-state index in [1.54, 1.807) is 0 Å². The molecule has 1 aromatic rings. The topological polar surface area (TPSA) is 26.3 Å². The van der Waals surface area contributed by atoms with Gasteiger partial charge in [0.2, 0.25) is 0 Å². The second-order valence-electron chi connectivity index (χ2n) is 5.56. The van der Waals surface area contributed by atoms with Gasteiger partial charge < -0.3 is 4.74 Å². The van der Waals surface area contributed by atoms with Crippen molar-refractivity contribution in [2.24, 2.45) is 5.41 Å². The van der Waals surface area contributed by atoms with Crippen LogP contribution in [0.15, 0.2) is 24.3 Å². The van der Waals surface area contributed by atoms with Gasteiger partial charge in [-0.15, -0.1) is 13.2 Å². The van der Waals surface area contributed by atoms with Gasteiger partial charge in [-0.05, 0) is 30.5 Å². The van der Waals surface area contributed by atoms with E-state index in [0.717, 1.165) is 31.2 Å². The number of Topliss-reactive ketones (excluding diaryl/α,β-unsaturated/α-hetero) is 1. The fourth-order valence-corrected chi connectivity index (χ4v) is 2.64. The molecule has 0 radical (unpaired) electrons. The van der Waals surface area contributed by atoms with Gasteiger partial charge in [-0.2, -0.15) is 0 Å². The molecule has 2 rings (SSSR count). The van der Waals surface area contributed by atoms with Gasteiger partial charge in [0.15, 0.2) is 0 Å². The van der Waals surface area contributed by atoms with Crippen molar-refractivity contribution < 1.29 is 22.7 Å². The molecular formula is C15H17F3O2. The summed E-state index contributed by atoms with van der Waals surface area (Å²) < 4.78 is 39.9. The second-order valence-corrected chi connectivity index (χ2v) is 5.56. The largest absolute Gasteiger partial charge is 0.573 e. The summed E-state index contributed by atoms with van der Waals surface area (Å²) in [6, 6.07) is 5.51. The summed E-state index contributed by atoms with van der Waals surface area (Å²) in [7, 11) is 0. The van der Waals surface area contributed by atoms with E-state index < -0.39 is 6.36 Å². The Balaban J connectivity index is 1.98. The van der Waals surface area contributed by atoms with Crippen LogP contribution in [0.4, 0.5) is 13.2 Å². The van der Waals surface area contributed by atoms with Crippen molar-refractivity contribution in [3.8, 4) is 5.75 Å². The lowest BCUT2D eigenvalue weighted by molar-refractivity contribution is -0.274. The molecule has 110 valence electrons. The monoisotopic (exact) mass is 286 g/mol. The highest BCUT2D eigenvalue weighted by molar-refractivity contribution is 5.86. The zero-order chi connectivity index (χ0) is 14.8. The Bertz CT molecular complexity index is 471. The minimum absolute atomic E-state index is 0.166. The number of ketones is 1. The third kappa shape index (κ3) is 3.74. The van der Waals surface area contributed by atoms with Gasteiger partial charge in [0, 0.05) is 11.8 Å². The maximum Gasteiger partial charge on any atom is 0.573 e. The first kappa shape index (κ1) is 14.9. The van der Waals surface area contributed by atoms with Crippen LogP contribution in [0.3, 0.4) is 0 Å². The van der Waals surface area contributed by atoms with E-state index in [9.17, 15) is 18.0 Å². The highest BCUT2D eigenvalue weighted by Gasteiger charge is 2.35. The fraction of sp³-hybridized carbons (Fsp3) is 0.533. The number of halogens is 3. The lowest BCUT2D eigenvalue weighted by Crippen LogP contribution is -2.25. The normalized spacial score (nSPS) is 18.0. The van der Waals surface area contributed by atoms with Crippen LogP contribution < -0.4 is 4.74 Å². The number of hydrogen-bond donors (Lipinski definition) is 0. The van der Waals surface area contributed by atoms with Crippen molar-refractivity contribution in [3.05, 3.63) is 29.8 Å². The van der Waals surface area contributed by atoms with Gasteiger partial charge in [0.1, 0.15) is 11.5 Å². The Morgan fingerprint density at radius 3 is 2.25 bits per heavy atom. The molecule has 20 heavy (non-hydrogen) atoms. The molecule has 1 saturated carbocycles. The van der Waals surface area contributed by atoms with Gasteiger partial charge in [-0.1, -0.05) is 31.9 Å². The van der Waals surface area contributed by atoms with E-state index in [-0.39, 0.29) is 23.4 Å². The SMILES string of the molecule is CC1(C(=O)Cc2ccc(OC(F)(F)F)cc2)CCCC1. The number of benzene rings is 1. The third-order valence-electron chi connectivity index (χ3n) is 3.90. The third-order valence-corrected chi connectivity index (χ3v) is 3.90. The molecule has 1 aliphatic rings. The standard InChI is InChI=1S/C15H17F3O2/c1-14(8-2-3-9-14)13(19)10-11-4-6-12(7-5-11)20-15(16,17)18/h4-7H,2-3,8-10H2,1H3. The van der Waals surface area contributed by atoms with Crippen molar-refractivity contribution in [1.29, 1.82) is 0 Å². The van der Waals surface area contributed by atoms with Crippen LogP contribution in [0, 0.1) is 5.41 Å². The van der Waals surface area contributed by atoms with E-state index in [4.69, 9.17) is 0 Å². The van der Waals surface area contributed by atoms with Crippen LogP contribution in [0.2, 0.25) is 0 Å². The van der Waals surface area contributed by atoms with Gasteiger partial charge >= 0.3 is 6.36 Å². The average Bonchev–Trinajstić information content (AvgIpc) is 2.78. The first-order valence-corrected chi connectivity index (χ1v) is 6.66. The van der Waals surface area contributed by atoms with E-state index >= 15 is 0 Å². The number of hydrogen-bond acceptors (Lipinski definition) is 2. The summed E-state index contributed by atoms with van der Waals surface area (Å²) in [4.78, 5) is 12.2. The number of ether oxygens (including phenoxy) is 1. The van der Waals surface area contributed by atoms with Crippen molar-refractivity contribution in [2.75, 3.05) is 0 Å². The summed E-state index contributed by atoms with van der Waals surface area (Å²) in [6.07, 6.45) is -0.471. The number of carbonyl (C=O) groups excluding carboxylic acids is 1. The van der Waals surface area contributed by atoms with Gasteiger partial charge in [0.25, 0.3) is 0 Å². The van der Waals surface area contributed by atoms with Gasteiger partial charge in [-0.25, -0.2) is 0 Å². The molecule has 0 atom stereocenters. The molecule has 0 bridgehead atoms. The highest BCUT2D eigenvalue weighted by atomic mass is 19.4. The van der Waals surface area contributed by atoms with Crippen LogP contribution in [-0.4, -0.2) is 12.1 Å². The lowest BCUT2D eigenvalue weighted by Gasteiger charge is -2.21. The quantitative estimate of drug-likeness (QED) is 0.826. The summed E-state index contributed by atoms with van der Waals surface area (Å²) in [5, 5.41) is 0. The molecule has 0 aromatic heterocycles. The summed E-state index contributed by atoms with van der Waals surface area (Å²) in [5.41, 5.74) is 0.457.